The Bertz CT molecular complexity index is 192. The molecule has 0 radical (unpaired) electrons. The molecular formula is C15H31NO. The predicted octanol–water partition coefficient (Wildman–Crippen LogP) is 3.75. The van der Waals surface area contributed by atoms with Gasteiger partial charge in [-0.3, -0.25) is 0 Å². The topological polar surface area (TPSA) is 21.3 Å². The second-order valence-electron chi connectivity index (χ2n) is 6.44. The fourth-order valence-corrected chi connectivity index (χ4v) is 2.58. The summed E-state index contributed by atoms with van der Waals surface area (Å²) in [7, 11) is 0. The number of hydrogen-bond acceptors (Lipinski definition) is 2. The molecule has 0 aromatic carbocycles. The van der Waals surface area contributed by atoms with Gasteiger partial charge in [-0.15, -0.1) is 0 Å². The Balaban J connectivity index is 2.22. The van der Waals surface area contributed by atoms with E-state index >= 15 is 0 Å². The zero-order valence-electron chi connectivity index (χ0n) is 12.2. The summed E-state index contributed by atoms with van der Waals surface area (Å²) in [5.41, 5.74) is 0.367. The monoisotopic (exact) mass is 241 g/mol. The fraction of sp³-hybridized carbons (Fsp3) is 1.00. The Kier molecular flexibility index (Phi) is 6.50. The Hall–Kier alpha value is -0.0800. The summed E-state index contributed by atoms with van der Waals surface area (Å²) in [6, 6.07) is 0.642. The van der Waals surface area contributed by atoms with Gasteiger partial charge in [0.25, 0.3) is 0 Å². The van der Waals surface area contributed by atoms with E-state index in [1.807, 2.05) is 0 Å². The Morgan fingerprint density at radius 3 is 2.65 bits per heavy atom. The molecule has 0 saturated carbocycles. The van der Waals surface area contributed by atoms with Crippen molar-refractivity contribution in [1.29, 1.82) is 0 Å². The summed E-state index contributed by atoms with van der Waals surface area (Å²) in [4.78, 5) is 0. The smallest absolute Gasteiger partial charge is 0.0576 e. The van der Waals surface area contributed by atoms with Crippen molar-refractivity contribution in [3.8, 4) is 0 Å². The first kappa shape index (κ1) is 15.0. The molecular weight excluding hydrogens is 210 g/mol. The third-order valence-electron chi connectivity index (χ3n) is 3.73. The SMILES string of the molecule is CCCNC(CCCC1CCCO1)C(C)(C)C. The van der Waals surface area contributed by atoms with Gasteiger partial charge >= 0.3 is 0 Å². The summed E-state index contributed by atoms with van der Waals surface area (Å²) in [5.74, 6) is 0. The van der Waals surface area contributed by atoms with Crippen molar-refractivity contribution in [3.05, 3.63) is 0 Å². The number of hydrogen-bond donors (Lipinski definition) is 1. The van der Waals surface area contributed by atoms with Gasteiger partial charge in [0.2, 0.25) is 0 Å². The van der Waals surface area contributed by atoms with Crippen LogP contribution in [0.2, 0.25) is 0 Å². The molecule has 1 N–H and O–H groups in total. The van der Waals surface area contributed by atoms with Crippen LogP contribution in [0.4, 0.5) is 0 Å². The summed E-state index contributed by atoms with van der Waals surface area (Å²) in [6.07, 6.45) is 8.15. The van der Waals surface area contributed by atoms with E-state index in [0.29, 0.717) is 17.6 Å². The van der Waals surface area contributed by atoms with Crippen LogP contribution >= 0.6 is 0 Å². The van der Waals surface area contributed by atoms with Crippen LogP contribution in [-0.2, 0) is 4.74 Å². The zero-order valence-corrected chi connectivity index (χ0v) is 12.2. The lowest BCUT2D eigenvalue weighted by Crippen LogP contribution is -2.40. The molecule has 0 aliphatic carbocycles. The minimum absolute atomic E-state index is 0.367. The highest BCUT2D eigenvalue weighted by atomic mass is 16.5. The molecule has 1 aliphatic rings. The maximum Gasteiger partial charge on any atom is 0.0576 e. The molecule has 1 saturated heterocycles. The minimum atomic E-state index is 0.367. The average Bonchev–Trinajstić information content (AvgIpc) is 2.74. The van der Waals surface area contributed by atoms with Gasteiger partial charge in [0.05, 0.1) is 6.10 Å². The normalized spacial score (nSPS) is 22.9. The Morgan fingerprint density at radius 2 is 2.12 bits per heavy atom. The van der Waals surface area contributed by atoms with Crippen molar-refractivity contribution in [3.63, 3.8) is 0 Å². The molecule has 102 valence electrons. The second-order valence-corrected chi connectivity index (χ2v) is 6.44. The second kappa shape index (κ2) is 7.38. The maximum absolute atomic E-state index is 5.68. The first-order valence-corrected chi connectivity index (χ1v) is 7.39. The highest BCUT2D eigenvalue weighted by Crippen LogP contribution is 2.25. The van der Waals surface area contributed by atoms with E-state index in [1.54, 1.807) is 0 Å². The summed E-state index contributed by atoms with van der Waals surface area (Å²) < 4.78 is 5.68. The summed E-state index contributed by atoms with van der Waals surface area (Å²) in [6.45, 7) is 11.4. The molecule has 1 aliphatic heterocycles. The van der Waals surface area contributed by atoms with E-state index in [1.165, 1.54) is 38.5 Å². The third kappa shape index (κ3) is 5.87. The van der Waals surface area contributed by atoms with Gasteiger partial charge in [-0.1, -0.05) is 27.7 Å². The summed E-state index contributed by atoms with van der Waals surface area (Å²) in [5, 5.41) is 3.69. The van der Waals surface area contributed by atoms with E-state index in [2.05, 4.69) is 33.0 Å². The van der Waals surface area contributed by atoms with Crippen LogP contribution in [0, 0.1) is 5.41 Å². The molecule has 0 bridgehead atoms. The predicted molar refractivity (Wildman–Crippen MR) is 74.4 cm³/mol. The number of rotatable bonds is 7. The van der Waals surface area contributed by atoms with Crippen LogP contribution in [-0.4, -0.2) is 25.3 Å². The molecule has 2 heteroatoms. The molecule has 1 rings (SSSR count). The number of nitrogens with one attached hydrogen (secondary N) is 1. The van der Waals surface area contributed by atoms with E-state index in [4.69, 9.17) is 4.74 Å². The average molecular weight is 241 g/mol. The molecule has 0 amide bonds. The maximum atomic E-state index is 5.68. The lowest BCUT2D eigenvalue weighted by molar-refractivity contribution is 0.0993. The van der Waals surface area contributed by atoms with Gasteiger partial charge in [-0.05, 0) is 50.5 Å². The molecule has 1 heterocycles. The van der Waals surface area contributed by atoms with Crippen molar-refractivity contribution < 1.29 is 4.74 Å². The van der Waals surface area contributed by atoms with Crippen LogP contribution in [0.3, 0.4) is 0 Å². The van der Waals surface area contributed by atoms with Gasteiger partial charge in [0.1, 0.15) is 0 Å². The molecule has 2 unspecified atom stereocenters. The zero-order chi connectivity index (χ0) is 12.7. The van der Waals surface area contributed by atoms with Crippen LogP contribution in [0.5, 0.6) is 0 Å². The largest absolute Gasteiger partial charge is 0.378 e. The number of ether oxygens (including phenoxy) is 1. The third-order valence-corrected chi connectivity index (χ3v) is 3.73. The van der Waals surface area contributed by atoms with Gasteiger partial charge in [0, 0.05) is 12.6 Å². The Labute approximate surface area is 108 Å². The van der Waals surface area contributed by atoms with Gasteiger partial charge in [-0.2, -0.15) is 0 Å². The standard InChI is InChI=1S/C15H31NO/c1-5-11-16-14(15(2,3)4)10-6-8-13-9-7-12-17-13/h13-14,16H,5-12H2,1-4H3. The first-order chi connectivity index (χ1) is 8.04. The molecule has 17 heavy (non-hydrogen) atoms. The van der Waals surface area contributed by atoms with Crippen LogP contribution in [0.15, 0.2) is 0 Å². The summed E-state index contributed by atoms with van der Waals surface area (Å²) >= 11 is 0. The van der Waals surface area contributed by atoms with E-state index in [9.17, 15) is 0 Å². The van der Waals surface area contributed by atoms with Gasteiger partial charge in [-0.25, -0.2) is 0 Å². The van der Waals surface area contributed by atoms with Crippen molar-refractivity contribution in [2.75, 3.05) is 13.2 Å². The van der Waals surface area contributed by atoms with E-state index < -0.39 is 0 Å². The Morgan fingerprint density at radius 1 is 1.35 bits per heavy atom. The van der Waals surface area contributed by atoms with Gasteiger partial charge < -0.3 is 10.1 Å². The molecule has 1 fully saturated rings. The fourth-order valence-electron chi connectivity index (χ4n) is 2.58. The van der Waals surface area contributed by atoms with Crippen molar-refractivity contribution in [2.24, 2.45) is 5.41 Å². The molecule has 0 spiro atoms. The highest BCUT2D eigenvalue weighted by Gasteiger charge is 2.24. The van der Waals surface area contributed by atoms with Crippen LogP contribution < -0.4 is 5.32 Å². The lowest BCUT2D eigenvalue weighted by atomic mass is 9.83. The van der Waals surface area contributed by atoms with Crippen molar-refractivity contribution >= 4 is 0 Å². The molecule has 2 nitrogen and oxygen atoms in total. The minimum Gasteiger partial charge on any atom is -0.378 e. The lowest BCUT2D eigenvalue weighted by Gasteiger charge is -2.32. The van der Waals surface area contributed by atoms with E-state index in [0.717, 1.165) is 13.2 Å². The van der Waals surface area contributed by atoms with E-state index in [-0.39, 0.29) is 0 Å². The quantitative estimate of drug-likeness (QED) is 0.733. The first-order valence-electron chi connectivity index (χ1n) is 7.39. The molecule has 0 aromatic heterocycles. The van der Waals surface area contributed by atoms with Crippen LogP contribution in [0.1, 0.15) is 66.2 Å². The van der Waals surface area contributed by atoms with Crippen molar-refractivity contribution in [2.45, 2.75) is 78.4 Å². The van der Waals surface area contributed by atoms with Crippen molar-refractivity contribution in [1.82, 2.24) is 5.32 Å². The highest BCUT2D eigenvalue weighted by molar-refractivity contribution is 4.80. The molecule has 2 atom stereocenters. The molecule has 0 aromatic rings. The van der Waals surface area contributed by atoms with Crippen LogP contribution in [0.25, 0.3) is 0 Å². The van der Waals surface area contributed by atoms with Gasteiger partial charge in [0.15, 0.2) is 0 Å².